The van der Waals surface area contributed by atoms with Crippen molar-refractivity contribution in [1.82, 2.24) is 79.7 Å². The van der Waals surface area contributed by atoms with Crippen LogP contribution in [-0.4, -0.2) is 79.7 Å². The lowest BCUT2D eigenvalue weighted by Gasteiger charge is -2.08. The Morgan fingerprint density at radius 3 is 0.564 bits per heavy atom. The number of hydrogen-bond donors (Lipinski definition) is 0. The first kappa shape index (κ1) is 90.3. The molecule has 0 saturated heterocycles. The fourth-order valence-corrected chi connectivity index (χ4v) is 14.6. The van der Waals surface area contributed by atoms with E-state index in [-0.39, 0.29) is 0 Å². The summed E-state index contributed by atoms with van der Waals surface area (Å²) in [5.74, 6) is 0. The standard InChI is InChI=1S/C18H15N.3C17H14N2.3C16H13N3/c1-14-11-17(15-5-3-2-4-6-15)13-18(12-14)16-7-9-19-10-8-16;1-13-10-16(14-2-6-18-7-3-14)12-17(11-13)15-4-8-19-9-5-15;1-13-11-16(14-7-3-2-4-8-14)19-17(12-13)15-9-5-6-10-18-15;1-13-10-16(14-6-3-2-4-7-14)19-17(11-13)15-8-5-9-18-12-15;1-12-10-15(13-6-2-4-8-17-13)19-16(11-12)14-7-3-5-9-18-14;1-12-9-15(13-5-4-7-17-11-13)19-16(10-12)14-6-2-3-8-18-14;1-12-10-15(13-5-8-17-9-6-13)19-16(11-12)14-4-2-3-7-18-14/h2-13H,1H3;3*2-12H,1H3;3*2-11H,1H3. The molecule has 16 heteroatoms. The van der Waals surface area contributed by atoms with Crippen molar-refractivity contribution in [2.24, 2.45) is 0 Å². The minimum Gasteiger partial charge on any atom is -0.265 e. The second kappa shape index (κ2) is 46.3. The number of aromatic nitrogens is 16. The minimum atomic E-state index is 0.876. The molecule has 0 radical (unpaired) electrons. The topological polar surface area (TPSA) is 206 Å². The lowest BCUT2D eigenvalue weighted by Crippen LogP contribution is -1.93. The van der Waals surface area contributed by atoms with Gasteiger partial charge in [0, 0.05) is 133 Å². The van der Waals surface area contributed by atoms with Crippen molar-refractivity contribution >= 4 is 0 Å². The Labute approximate surface area is 777 Å². The molecule has 0 N–H and O–H groups in total. The summed E-state index contributed by atoms with van der Waals surface area (Å²) in [6, 6.07) is 118. The zero-order chi connectivity index (χ0) is 91.6. The smallest absolute Gasteiger partial charge is 0.0896 e. The van der Waals surface area contributed by atoms with Gasteiger partial charge in [0.25, 0.3) is 0 Å². The van der Waals surface area contributed by atoms with Crippen LogP contribution in [0.5, 0.6) is 0 Å². The fourth-order valence-electron chi connectivity index (χ4n) is 14.6. The summed E-state index contributed by atoms with van der Waals surface area (Å²) in [5, 5.41) is 0. The molecule has 133 heavy (non-hydrogen) atoms. The first-order chi connectivity index (χ1) is 65.3. The van der Waals surface area contributed by atoms with Gasteiger partial charge in [-0.05, 0) is 338 Å². The van der Waals surface area contributed by atoms with Crippen LogP contribution < -0.4 is 0 Å². The summed E-state index contributed by atoms with van der Waals surface area (Å²) in [5.41, 5.74) is 37.3. The average Bonchev–Trinajstić information content (AvgIpc) is 0.855. The number of aryl methyl sites for hydroxylation is 7. The molecule has 21 rings (SSSR count). The summed E-state index contributed by atoms with van der Waals surface area (Å²) >= 11 is 0. The molecule has 5 aromatic carbocycles. The van der Waals surface area contributed by atoms with Crippen LogP contribution in [-0.2, 0) is 0 Å². The van der Waals surface area contributed by atoms with Gasteiger partial charge in [0.05, 0.1) is 85.4 Å². The molecule has 644 valence electrons. The number of hydrogen-bond acceptors (Lipinski definition) is 16. The summed E-state index contributed by atoms with van der Waals surface area (Å²) in [6.45, 7) is 14.6. The lowest BCUT2D eigenvalue weighted by molar-refractivity contribution is 1.20. The summed E-state index contributed by atoms with van der Waals surface area (Å²) in [4.78, 5) is 69.7. The fraction of sp³-hybridized carbons (Fsp3) is 0.0598. The van der Waals surface area contributed by atoms with Crippen LogP contribution in [0.15, 0.2) is 457 Å². The van der Waals surface area contributed by atoms with E-state index >= 15 is 0 Å². The Morgan fingerprint density at radius 1 is 0.120 bits per heavy atom. The van der Waals surface area contributed by atoms with Crippen molar-refractivity contribution in [2.45, 2.75) is 48.5 Å². The Balaban J connectivity index is 0.000000118. The molecule has 16 nitrogen and oxygen atoms in total. The van der Waals surface area contributed by atoms with Gasteiger partial charge >= 0.3 is 0 Å². The molecule has 0 fully saturated rings. The Bertz CT molecular complexity index is 5560. The van der Waals surface area contributed by atoms with Gasteiger partial charge in [-0.15, -0.1) is 0 Å². The lowest BCUT2D eigenvalue weighted by atomic mass is 9.97. The number of nitrogens with zero attached hydrogens (tertiary/aromatic N) is 16. The predicted molar refractivity (Wildman–Crippen MR) is 539 cm³/mol. The SMILES string of the molecule is Cc1cc(-c2ccccc2)cc(-c2ccncc2)c1.Cc1cc(-c2ccccc2)nc(-c2ccccn2)c1.Cc1cc(-c2ccccc2)nc(-c2cccnc2)c1.Cc1cc(-c2ccccn2)nc(-c2ccccn2)c1.Cc1cc(-c2cccnc2)nc(-c2ccccn2)c1.Cc1cc(-c2ccncc2)cc(-c2ccncc2)c1.Cc1cc(-c2ccncc2)nc(-c2ccccn2)c1. The Hall–Kier alpha value is -17.5. The number of rotatable bonds is 14. The van der Waals surface area contributed by atoms with Crippen LogP contribution in [0.25, 0.3) is 158 Å². The van der Waals surface area contributed by atoms with E-state index < -0.39 is 0 Å². The third kappa shape index (κ3) is 26.4. The first-order valence-corrected chi connectivity index (χ1v) is 43.6. The average molecular weight is 1730 g/mol. The molecule has 0 unspecified atom stereocenters. The summed E-state index contributed by atoms with van der Waals surface area (Å²) in [7, 11) is 0. The van der Waals surface area contributed by atoms with Crippen molar-refractivity contribution in [3.8, 4) is 158 Å². The van der Waals surface area contributed by atoms with Gasteiger partial charge < -0.3 is 0 Å². The number of pyridine rings is 16. The molecule has 0 saturated carbocycles. The van der Waals surface area contributed by atoms with Gasteiger partial charge in [-0.3, -0.25) is 54.8 Å². The van der Waals surface area contributed by atoms with E-state index in [0.29, 0.717) is 0 Å². The molecule has 0 amide bonds. The molecule has 0 aliphatic carbocycles. The highest BCUT2D eigenvalue weighted by molar-refractivity contribution is 5.77. The van der Waals surface area contributed by atoms with Crippen molar-refractivity contribution in [3.63, 3.8) is 0 Å². The van der Waals surface area contributed by atoms with Gasteiger partial charge in [-0.1, -0.05) is 146 Å². The Kier molecular flexibility index (Phi) is 31.4. The van der Waals surface area contributed by atoms with Gasteiger partial charge in [-0.2, -0.15) is 0 Å². The van der Waals surface area contributed by atoms with E-state index in [0.717, 1.165) is 124 Å². The second-order valence-corrected chi connectivity index (χ2v) is 31.4. The third-order valence-corrected chi connectivity index (χ3v) is 20.8. The highest BCUT2D eigenvalue weighted by Crippen LogP contribution is 2.33. The van der Waals surface area contributed by atoms with Gasteiger partial charge in [0.15, 0.2) is 0 Å². The normalized spacial score (nSPS) is 10.4. The molecular formula is C117H96N16. The molecule has 16 heterocycles. The molecule has 0 atom stereocenters. The van der Waals surface area contributed by atoms with E-state index in [2.05, 4.69) is 240 Å². The zero-order valence-electron chi connectivity index (χ0n) is 75.0. The maximum Gasteiger partial charge on any atom is 0.0896 e. The quantitative estimate of drug-likeness (QED) is 0.0992. The van der Waals surface area contributed by atoms with Crippen LogP contribution >= 0.6 is 0 Å². The van der Waals surface area contributed by atoms with Crippen LogP contribution in [0.3, 0.4) is 0 Å². The molecule has 16 aromatic heterocycles. The molecular weight excluding hydrogens is 1630 g/mol. The number of benzene rings is 5. The third-order valence-electron chi connectivity index (χ3n) is 20.8. The monoisotopic (exact) mass is 1720 g/mol. The van der Waals surface area contributed by atoms with E-state index in [4.69, 9.17) is 9.97 Å². The maximum absolute atomic E-state index is 4.73. The van der Waals surface area contributed by atoms with E-state index in [1.54, 1.807) is 55.8 Å². The van der Waals surface area contributed by atoms with E-state index in [1.165, 1.54) is 72.3 Å². The molecule has 0 bridgehead atoms. The molecule has 0 spiro atoms. The van der Waals surface area contributed by atoms with Crippen LogP contribution in [0.2, 0.25) is 0 Å². The zero-order valence-corrected chi connectivity index (χ0v) is 75.0. The molecule has 21 aromatic rings. The minimum absolute atomic E-state index is 0.876. The first-order valence-electron chi connectivity index (χ1n) is 43.6. The maximum atomic E-state index is 4.73. The second-order valence-electron chi connectivity index (χ2n) is 31.4. The van der Waals surface area contributed by atoms with Gasteiger partial charge in [-0.25, -0.2) is 24.9 Å². The van der Waals surface area contributed by atoms with Crippen molar-refractivity contribution in [2.75, 3.05) is 0 Å². The van der Waals surface area contributed by atoms with Crippen molar-refractivity contribution in [3.05, 3.63) is 496 Å². The Morgan fingerprint density at radius 2 is 0.316 bits per heavy atom. The van der Waals surface area contributed by atoms with Crippen LogP contribution in [0.1, 0.15) is 38.9 Å². The summed E-state index contributed by atoms with van der Waals surface area (Å²) < 4.78 is 0. The molecule has 0 aliphatic heterocycles. The van der Waals surface area contributed by atoms with Crippen LogP contribution in [0.4, 0.5) is 0 Å². The highest BCUT2D eigenvalue weighted by atomic mass is 14.8. The van der Waals surface area contributed by atoms with E-state index in [9.17, 15) is 0 Å². The van der Waals surface area contributed by atoms with E-state index in [1.807, 2.05) is 280 Å². The van der Waals surface area contributed by atoms with Crippen molar-refractivity contribution in [1.29, 1.82) is 0 Å². The molecule has 0 aliphatic rings. The van der Waals surface area contributed by atoms with Crippen LogP contribution in [0, 0.1) is 48.5 Å². The highest BCUT2D eigenvalue weighted by Gasteiger charge is 2.14. The summed E-state index contributed by atoms with van der Waals surface area (Å²) in [6.07, 6.45) is 30.6. The largest absolute Gasteiger partial charge is 0.265 e. The van der Waals surface area contributed by atoms with Gasteiger partial charge in [0.2, 0.25) is 0 Å². The van der Waals surface area contributed by atoms with Gasteiger partial charge in [0.1, 0.15) is 0 Å². The predicted octanol–water partition coefficient (Wildman–Crippen LogP) is 27.6. The van der Waals surface area contributed by atoms with Crippen molar-refractivity contribution < 1.29 is 0 Å².